The minimum Gasteiger partial charge on any atom is -0.341 e. The van der Waals surface area contributed by atoms with Crippen molar-refractivity contribution in [2.45, 2.75) is 19.9 Å². The van der Waals surface area contributed by atoms with Crippen LogP contribution in [0.3, 0.4) is 0 Å². The van der Waals surface area contributed by atoms with E-state index in [0.717, 1.165) is 6.07 Å². The topological polar surface area (TPSA) is 87.3 Å². The summed E-state index contributed by atoms with van der Waals surface area (Å²) in [7, 11) is 0. The van der Waals surface area contributed by atoms with E-state index in [9.17, 15) is 18.8 Å². The summed E-state index contributed by atoms with van der Waals surface area (Å²) in [6.45, 7) is 2.79. The molecular weight excluding hydrogens is 325 g/mol. The Labute approximate surface area is 144 Å². The van der Waals surface area contributed by atoms with Gasteiger partial charge in [0.1, 0.15) is 11.9 Å². The summed E-state index contributed by atoms with van der Waals surface area (Å²) in [6, 6.07) is 11.5. The highest BCUT2D eigenvalue weighted by molar-refractivity contribution is 6.01. The molecule has 130 valence electrons. The molecule has 0 aromatic heterocycles. The van der Waals surface area contributed by atoms with Crippen LogP contribution in [-0.2, 0) is 9.59 Å². The molecule has 1 atom stereocenters. The number of rotatable bonds is 5. The number of nitrogens with one attached hydrogen (secondary N) is 3. The summed E-state index contributed by atoms with van der Waals surface area (Å²) in [6.07, 6.45) is 0. The number of carbonyl (C=O) groups is 3. The highest BCUT2D eigenvalue weighted by Crippen LogP contribution is 2.19. The lowest BCUT2D eigenvalue weighted by Gasteiger charge is -2.15. The first-order valence-corrected chi connectivity index (χ1v) is 7.60. The molecule has 0 spiro atoms. The van der Waals surface area contributed by atoms with Crippen LogP contribution in [0.15, 0.2) is 48.5 Å². The van der Waals surface area contributed by atoms with Gasteiger partial charge in [0, 0.05) is 18.2 Å². The summed E-state index contributed by atoms with van der Waals surface area (Å²) >= 11 is 0. The maximum atomic E-state index is 13.6. The summed E-state index contributed by atoms with van der Waals surface area (Å²) in [5.41, 5.74) is 0.708. The van der Waals surface area contributed by atoms with E-state index in [1.165, 1.54) is 26.0 Å². The Morgan fingerprint density at radius 1 is 1.00 bits per heavy atom. The third-order valence-electron chi connectivity index (χ3n) is 3.32. The predicted molar refractivity (Wildman–Crippen MR) is 92.7 cm³/mol. The molecule has 3 amide bonds. The minimum absolute atomic E-state index is 0.0359. The normalized spacial score (nSPS) is 11.3. The van der Waals surface area contributed by atoms with Gasteiger partial charge in [0.05, 0.1) is 5.69 Å². The maximum Gasteiger partial charge on any atom is 0.251 e. The van der Waals surface area contributed by atoms with Gasteiger partial charge >= 0.3 is 0 Å². The maximum absolute atomic E-state index is 13.6. The minimum atomic E-state index is -0.804. The lowest BCUT2D eigenvalue weighted by Crippen LogP contribution is -2.41. The van der Waals surface area contributed by atoms with E-state index in [1.54, 1.807) is 30.3 Å². The molecule has 0 aliphatic rings. The fourth-order valence-corrected chi connectivity index (χ4v) is 2.07. The molecule has 0 bridgehead atoms. The molecular formula is C18H18FN3O3. The van der Waals surface area contributed by atoms with Crippen LogP contribution in [0.1, 0.15) is 24.2 Å². The third-order valence-corrected chi connectivity index (χ3v) is 3.32. The Morgan fingerprint density at radius 2 is 1.68 bits per heavy atom. The fourth-order valence-electron chi connectivity index (χ4n) is 2.07. The van der Waals surface area contributed by atoms with Crippen LogP contribution in [0.2, 0.25) is 0 Å². The van der Waals surface area contributed by atoms with Gasteiger partial charge < -0.3 is 16.0 Å². The van der Waals surface area contributed by atoms with Crippen molar-refractivity contribution in [2.24, 2.45) is 0 Å². The first-order chi connectivity index (χ1) is 11.9. The van der Waals surface area contributed by atoms with E-state index in [4.69, 9.17) is 0 Å². The van der Waals surface area contributed by atoms with Crippen LogP contribution in [-0.4, -0.2) is 23.8 Å². The lowest BCUT2D eigenvalue weighted by atomic mass is 10.2. The van der Waals surface area contributed by atoms with Crippen molar-refractivity contribution in [3.05, 3.63) is 59.9 Å². The van der Waals surface area contributed by atoms with E-state index < -0.39 is 23.7 Å². The van der Waals surface area contributed by atoms with Gasteiger partial charge in [-0.25, -0.2) is 4.39 Å². The van der Waals surface area contributed by atoms with Gasteiger partial charge in [0.25, 0.3) is 5.91 Å². The van der Waals surface area contributed by atoms with Crippen LogP contribution in [0, 0.1) is 5.82 Å². The largest absolute Gasteiger partial charge is 0.341 e. The highest BCUT2D eigenvalue weighted by Gasteiger charge is 2.17. The molecule has 25 heavy (non-hydrogen) atoms. The van der Waals surface area contributed by atoms with Gasteiger partial charge in [-0.1, -0.05) is 18.2 Å². The van der Waals surface area contributed by atoms with Gasteiger partial charge in [-0.3, -0.25) is 14.4 Å². The van der Waals surface area contributed by atoms with Crippen LogP contribution in [0.4, 0.5) is 15.8 Å². The molecule has 0 saturated carbocycles. The van der Waals surface area contributed by atoms with Crippen LogP contribution in [0.25, 0.3) is 0 Å². The summed E-state index contributed by atoms with van der Waals surface area (Å²) in [4.78, 5) is 35.3. The molecule has 3 N–H and O–H groups in total. The van der Waals surface area contributed by atoms with Gasteiger partial charge in [-0.05, 0) is 37.3 Å². The van der Waals surface area contributed by atoms with Gasteiger partial charge in [-0.15, -0.1) is 0 Å². The predicted octanol–water partition coefficient (Wildman–Crippen LogP) is 2.54. The molecule has 2 aromatic rings. The Hall–Kier alpha value is -3.22. The van der Waals surface area contributed by atoms with Gasteiger partial charge in [0.15, 0.2) is 0 Å². The third kappa shape index (κ3) is 5.13. The second kappa shape index (κ2) is 8.05. The molecule has 0 aliphatic carbocycles. The van der Waals surface area contributed by atoms with E-state index in [-0.39, 0.29) is 11.6 Å². The van der Waals surface area contributed by atoms with Crippen LogP contribution in [0.5, 0.6) is 0 Å². The van der Waals surface area contributed by atoms with E-state index in [1.807, 2.05) is 0 Å². The lowest BCUT2D eigenvalue weighted by molar-refractivity contribution is -0.117. The Kier molecular flexibility index (Phi) is 5.84. The molecule has 2 rings (SSSR count). The number of benzene rings is 2. The molecule has 1 unspecified atom stereocenters. The van der Waals surface area contributed by atoms with Gasteiger partial charge in [0.2, 0.25) is 11.8 Å². The average Bonchev–Trinajstić information content (AvgIpc) is 2.58. The quantitative estimate of drug-likeness (QED) is 0.780. The standard InChI is InChI=1S/C18H18FN3O3/c1-11(20-18(25)13-6-4-3-5-7-13)17(24)22-14-8-9-15(19)16(10-14)21-12(2)23/h3-11H,1-2H3,(H,20,25)(H,21,23)(H,22,24). The second-order valence-corrected chi connectivity index (χ2v) is 5.43. The molecule has 7 heteroatoms. The van der Waals surface area contributed by atoms with Crippen molar-refractivity contribution in [1.29, 1.82) is 0 Å². The molecule has 2 aromatic carbocycles. The zero-order chi connectivity index (χ0) is 18.4. The number of anilines is 2. The molecule has 0 radical (unpaired) electrons. The smallest absolute Gasteiger partial charge is 0.251 e. The van der Waals surface area contributed by atoms with E-state index in [0.29, 0.717) is 11.3 Å². The second-order valence-electron chi connectivity index (χ2n) is 5.43. The number of halogens is 1. The van der Waals surface area contributed by atoms with Crippen molar-refractivity contribution in [3.63, 3.8) is 0 Å². The van der Waals surface area contributed by atoms with Gasteiger partial charge in [-0.2, -0.15) is 0 Å². The van der Waals surface area contributed by atoms with Crippen molar-refractivity contribution in [2.75, 3.05) is 10.6 Å². The fraction of sp³-hybridized carbons (Fsp3) is 0.167. The number of amides is 3. The van der Waals surface area contributed by atoms with Crippen LogP contribution < -0.4 is 16.0 Å². The Balaban J connectivity index is 2.01. The van der Waals surface area contributed by atoms with E-state index in [2.05, 4.69) is 16.0 Å². The monoisotopic (exact) mass is 343 g/mol. The number of hydrogen-bond acceptors (Lipinski definition) is 3. The summed E-state index contributed by atoms with van der Waals surface area (Å²) in [5.74, 6) is -1.88. The Bertz CT molecular complexity index is 793. The average molecular weight is 343 g/mol. The molecule has 0 fully saturated rings. The van der Waals surface area contributed by atoms with Crippen molar-refractivity contribution >= 4 is 29.1 Å². The first-order valence-electron chi connectivity index (χ1n) is 7.60. The molecule has 0 heterocycles. The first kappa shape index (κ1) is 18.1. The molecule has 6 nitrogen and oxygen atoms in total. The summed E-state index contributed by atoms with van der Waals surface area (Å²) < 4.78 is 13.6. The Morgan fingerprint density at radius 3 is 2.32 bits per heavy atom. The van der Waals surface area contributed by atoms with Crippen molar-refractivity contribution < 1.29 is 18.8 Å². The van der Waals surface area contributed by atoms with Crippen LogP contribution >= 0.6 is 0 Å². The van der Waals surface area contributed by atoms with Crippen molar-refractivity contribution in [3.8, 4) is 0 Å². The number of carbonyl (C=O) groups excluding carboxylic acids is 3. The SMILES string of the molecule is CC(=O)Nc1cc(NC(=O)C(C)NC(=O)c2ccccc2)ccc1F. The zero-order valence-corrected chi connectivity index (χ0v) is 13.8. The molecule has 0 saturated heterocycles. The summed E-state index contributed by atoms with van der Waals surface area (Å²) in [5, 5.41) is 7.48. The number of hydrogen-bond donors (Lipinski definition) is 3. The highest BCUT2D eigenvalue weighted by atomic mass is 19.1. The van der Waals surface area contributed by atoms with Crippen molar-refractivity contribution in [1.82, 2.24) is 5.32 Å². The molecule has 0 aliphatic heterocycles. The van der Waals surface area contributed by atoms with E-state index >= 15 is 0 Å². The zero-order valence-electron chi connectivity index (χ0n) is 13.8.